The zero-order valence-electron chi connectivity index (χ0n) is 8.73. The van der Waals surface area contributed by atoms with Crippen LogP contribution in [-0.2, 0) is 0 Å². The van der Waals surface area contributed by atoms with E-state index in [4.69, 9.17) is 33.7 Å². The number of non-ortho nitro benzene ring substituents is 1. The topological polar surface area (TPSA) is 78.4 Å². The van der Waals surface area contributed by atoms with Gasteiger partial charge < -0.3 is 10.5 Å². The Bertz CT molecular complexity index is 449. The van der Waals surface area contributed by atoms with E-state index in [1.165, 1.54) is 18.2 Å². The third-order valence-electron chi connectivity index (χ3n) is 1.83. The molecule has 7 heteroatoms. The number of benzene rings is 1. The van der Waals surface area contributed by atoms with Crippen molar-refractivity contribution in [2.24, 2.45) is 5.73 Å². The number of nitro groups is 1. The summed E-state index contributed by atoms with van der Waals surface area (Å²) in [5.41, 5.74) is 5.17. The second kappa shape index (κ2) is 6.44. The predicted molar refractivity (Wildman–Crippen MR) is 66.6 cm³/mol. The molecule has 0 spiro atoms. The first-order chi connectivity index (χ1) is 8.04. The monoisotopic (exact) mass is 276 g/mol. The molecule has 0 aliphatic heterocycles. The molecule has 0 fully saturated rings. The third-order valence-corrected chi connectivity index (χ3v) is 2.39. The minimum Gasteiger partial charge on any atom is -0.486 e. The Balaban J connectivity index is 2.73. The predicted octanol–water partition coefficient (Wildman–Crippen LogP) is 2.71. The largest absolute Gasteiger partial charge is 0.486 e. The van der Waals surface area contributed by atoms with Gasteiger partial charge in [0.2, 0.25) is 0 Å². The summed E-state index contributed by atoms with van der Waals surface area (Å²) in [5, 5.41) is 11.1. The molecule has 0 heterocycles. The van der Waals surface area contributed by atoms with Gasteiger partial charge in [0.05, 0.1) is 15.0 Å². The summed E-state index contributed by atoms with van der Waals surface area (Å²) >= 11 is 11.6. The number of ether oxygens (including phenoxy) is 1. The molecule has 2 N–H and O–H groups in total. The highest BCUT2D eigenvalue weighted by Crippen LogP contribution is 2.29. The molecular weight excluding hydrogens is 267 g/mol. The first-order valence-corrected chi connectivity index (χ1v) is 5.41. The van der Waals surface area contributed by atoms with Gasteiger partial charge in [0.1, 0.15) is 12.4 Å². The van der Waals surface area contributed by atoms with Gasteiger partial charge >= 0.3 is 0 Å². The molecule has 1 rings (SSSR count). The van der Waals surface area contributed by atoms with E-state index in [1.54, 1.807) is 6.08 Å². The van der Waals surface area contributed by atoms with Crippen LogP contribution >= 0.6 is 23.2 Å². The summed E-state index contributed by atoms with van der Waals surface area (Å²) in [4.78, 5) is 9.95. The molecule has 1 aromatic rings. The lowest BCUT2D eigenvalue weighted by atomic mass is 10.3. The first kappa shape index (κ1) is 13.8. The van der Waals surface area contributed by atoms with Gasteiger partial charge in [-0.05, 0) is 6.07 Å². The molecule has 0 atom stereocenters. The zero-order chi connectivity index (χ0) is 12.8. The van der Waals surface area contributed by atoms with Crippen LogP contribution in [0, 0.1) is 10.1 Å². The van der Waals surface area contributed by atoms with Crippen molar-refractivity contribution in [3.05, 3.63) is 44.4 Å². The second-order valence-electron chi connectivity index (χ2n) is 3.05. The van der Waals surface area contributed by atoms with E-state index in [0.717, 1.165) is 0 Å². The molecule has 1 aromatic carbocycles. The van der Waals surface area contributed by atoms with Crippen LogP contribution in [0.4, 0.5) is 5.69 Å². The Kier molecular flexibility index (Phi) is 5.21. The number of halogens is 2. The molecule has 0 bridgehead atoms. The maximum absolute atomic E-state index is 10.5. The molecule has 17 heavy (non-hydrogen) atoms. The Morgan fingerprint density at radius 2 is 2.29 bits per heavy atom. The number of hydrogen-bond acceptors (Lipinski definition) is 4. The Morgan fingerprint density at radius 3 is 2.82 bits per heavy atom. The van der Waals surface area contributed by atoms with E-state index in [-0.39, 0.29) is 17.3 Å². The summed E-state index contributed by atoms with van der Waals surface area (Å²) in [6.45, 7) is 0.437. The van der Waals surface area contributed by atoms with E-state index >= 15 is 0 Å². The first-order valence-electron chi connectivity index (χ1n) is 4.66. The van der Waals surface area contributed by atoms with Gasteiger partial charge in [0, 0.05) is 18.7 Å². The standard InChI is InChI=1S/C10H10Cl2N2O3/c11-7(3-4-13)6-17-10-2-1-8(14(15)16)5-9(10)12/h1-3,5H,4,6,13H2/b7-3+. The van der Waals surface area contributed by atoms with E-state index < -0.39 is 4.92 Å². The second-order valence-corrected chi connectivity index (χ2v) is 3.94. The molecule has 0 radical (unpaired) electrons. The maximum Gasteiger partial charge on any atom is 0.271 e. The molecule has 0 aromatic heterocycles. The van der Waals surface area contributed by atoms with E-state index in [9.17, 15) is 10.1 Å². The van der Waals surface area contributed by atoms with Crippen molar-refractivity contribution in [2.75, 3.05) is 13.2 Å². The fraction of sp³-hybridized carbons (Fsp3) is 0.200. The number of nitro benzene ring substituents is 1. The van der Waals surface area contributed by atoms with Crippen LogP contribution in [0.15, 0.2) is 29.3 Å². The molecule has 0 aliphatic carbocycles. The van der Waals surface area contributed by atoms with Crippen LogP contribution in [0.1, 0.15) is 0 Å². The Morgan fingerprint density at radius 1 is 1.59 bits per heavy atom. The van der Waals surface area contributed by atoms with Gasteiger partial charge in [-0.3, -0.25) is 10.1 Å². The van der Waals surface area contributed by atoms with Crippen molar-refractivity contribution < 1.29 is 9.66 Å². The molecule has 0 aliphatic rings. The van der Waals surface area contributed by atoms with Gasteiger partial charge in [0.25, 0.3) is 5.69 Å². The lowest BCUT2D eigenvalue weighted by Crippen LogP contribution is -2.01. The summed E-state index contributed by atoms with van der Waals surface area (Å²) in [5.74, 6) is 0.334. The molecule has 92 valence electrons. The minimum absolute atomic E-state index is 0.0917. The van der Waals surface area contributed by atoms with Crippen molar-refractivity contribution in [3.63, 3.8) is 0 Å². The van der Waals surface area contributed by atoms with Crippen LogP contribution in [0.2, 0.25) is 5.02 Å². The SMILES string of the molecule is NC/C=C(/Cl)COc1ccc([N+](=O)[O-])cc1Cl. The average Bonchev–Trinajstić information content (AvgIpc) is 2.27. The summed E-state index contributed by atoms with van der Waals surface area (Å²) < 4.78 is 5.28. The molecule has 0 unspecified atom stereocenters. The highest BCUT2D eigenvalue weighted by atomic mass is 35.5. The fourth-order valence-corrected chi connectivity index (χ4v) is 1.43. The van der Waals surface area contributed by atoms with E-state index in [0.29, 0.717) is 17.3 Å². The Labute approximate surface area is 108 Å². The smallest absolute Gasteiger partial charge is 0.271 e. The van der Waals surface area contributed by atoms with Crippen LogP contribution < -0.4 is 10.5 Å². The van der Waals surface area contributed by atoms with Crippen molar-refractivity contribution in [1.29, 1.82) is 0 Å². The highest BCUT2D eigenvalue weighted by Gasteiger charge is 2.10. The van der Waals surface area contributed by atoms with Gasteiger partial charge in [0.15, 0.2) is 0 Å². The normalized spacial score (nSPS) is 11.4. The summed E-state index contributed by atoms with van der Waals surface area (Å²) in [7, 11) is 0. The van der Waals surface area contributed by atoms with Crippen molar-refractivity contribution >= 4 is 28.9 Å². The number of nitrogens with zero attached hydrogens (tertiary/aromatic N) is 1. The quantitative estimate of drug-likeness (QED) is 0.663. The summed E-state index contributed by atoms with van der Waals surface area (Å²) in [6.07, 6.45) is 1.60. The van der Waals surface area contributed by atoms with Gasteiger partial charge in [-0.15, -0.1) is 0 Å². The molecule has 0 saturated carbocycles. The zero-order valence-corrected chi connectivity index (χ0v) is 10.2. The van der Waals surface area contributed by atoms with Crippen LogP contribution in [0.25, 0.3) is 0 Å². The molecule has 5 nitrogen and oxygen atoms in total. The molecule has 0 amide bonds. The fourth-order valence-electron chi connectivity index (χ4n) is 1.05. The van der Waals surface area contributed by atoms with E-state index in [2.05, 4.69) is 0 Å². The average molecular weight is 277 g/mol. The number of hydrogen-bond donors (Lipinski definition) is 1. The van der Waals surface area contributed by atoms with Crippen LogP contribution in [0.3, 0.4) is 0 Å². The van der Waals surface area contributed by atoms with Gasteiger partial charge in [-0.25, -0.2) is 0 Å². The lowest BCUT2D eigenvalue weighted by Gasteiger charge is -2.06. The van der Waals surface area contributed by atoms with Gasteiger partial charge in [-0.2, -0.15) is 0 Å². The van der Waals surface area contributed by atoms with Crippen LogP contribution in [-0.4, -0.2) is 18.1 Å². The lowest BCUT2D eigenvalue weighted by molar-refractivity contribution is -0.384. The third kappa shape index (κ3) is 4.22. The van der Waals surface area contributed by atoms with Gasteiger partial charge in [-0.1, -0.05) is 29.3 Å². The van der Waals surface area contributed by atoms with Crippen molar-refractivity contribution in [3.8, 4) is 5.75 Å². The van der Waals surface area contributed by atoms with Crippen LogP contribution in [0.5, 0.6) is 5.75 Å². The molecular formula is C10H10Cl2N2O3. The van der Waals surface area contributed by atoms with E-state index in [1.807, 2.05) is 0 Å². The minimum atomic E-state index is -0.531. The highest BCUT2D eigenvalue weighted by molar-refractivity contribution is 6.32. The number of rotatable bonds is 5. The Hall–Kier alpha value is -1.30. The molecule has 0 saturated heterocycles. The van der Waals surface area contributed by atoms with Crippen molar-refractivity contribution in [1.82, 2.24) is 0 Å². The summed E-state index contributed by atoms with van der Waals surface area (Å²) in [6, 6.07) is 3.95. The number of nitrogens with two attached hydrogens (primary N) is 1. The maximum atomic E-state index is 10.5. The van der Waals surface area contributed by atoms with Crippen molar-refractivity contribution in [2.45, 2.75) is 0 Å².